The number of morpholine rings is 1. The summed E-state index contributed by atoms with van der Waals surface area (Å²) in [5.74, 6) is 0.0708. The van der Waals surface area contributed by atoms with Crippen molar-refractivity contribution < 1.29 is 19.2 Å². The second kappa shape index (κ2) is 11.2. The van der Waals surface area contributed by atoms with Crippen molar-refractivity contribution in [2.75, 3.05) is 50.5 Å². The van der Waals surface area contributed by atoms with Crippen LogP contribution in [-0.2, 0) is 4.74 Å². The Kier molecular flexibility index (Phi) is 7.80. The number of piperidine rings is 1. The largest absolute Gasteiger partial charge is 0.387 e. The molecule has 0 unspecified atom stereocenters. The minimum atomic E-state index is -0.475. The number of carbonyl (C=O) groups is 2. The van der Waals surface area contributed by atoms with E-state index in [2.05, 4.69) is 31.5 Å². The van der Waals surface area contributed by atoms with E-state index in [0.717, 1.165) is 24.9 Å². The highest BCUT2D eigenvalue weighted by molar-refractivity contribution is 9.10. The van der Waals surface area contributed by atoms with Gasteiger partial charge in [0, 0.05) is 62.2 Å². The van der Waals surface area contributed by atoms with Gasteiger partial charge in [0.05, 0.1) is 34.4 Å². The number of nitro groups is 1. The van der Waals surface area contributed by atoms with Crippen molar-refractivity contribution in [1.29, 1.82) is 0 Å². The van der Waals surface area contributed by atoms with Gasteiger partial charge in [-0.1, -0.05) is 15.9 Å². The van der Waals surface area contributed by atoms with Crippen LogP contribution in [0.4, 0.5) is 17.1 Å². The predicted octanol–water partition coefficient (Wildman–Crippen LogP) is 3.76. The molecule has 1 aliphatic carbocycles. The van der Waals surface area contributed by atoms with Crippen LogP contribution >= 0.6 is 15.9 Å². The first-order valence-electron chi connectivity index (χ1n) is 12.9. The maximum atomic E-state index is 13.7. The van der Waals surface area contributed by atoms with E-state index >= 15 is 0 Å². The van der Waals surface area contributed by atoms with Gasteiger partial charge in [-0.05, 0) is 43.7 Å². The molecule has 1 aromatic carbocycles. The van der Waals surface area contributed by atoms with Crippen LogP contribution in [0.25, 0.3) is 0 Å². The molecule has 12 heteroatoms. The number of rotatable bonds is 7. The molecular formula is C26H31BrN6O5. The number of hydrogen-bond acceptors (Lipinski definition) is 8. The lowest BCUT2D eigenvalue weighted by Crippen LogP contribution is -2.47. The second-order valence-electron chi connectivity index (χ2n) is 10.0. The Hall–Kier alpha value is -3.25. The molecule has 1 saturated carbocycles. The Morgan fingerprint density at radius 2 is 1.89 bits per heavy atom. The molecule has 0 bridgehead atoms. The molecule has 202 valence electrons. The Bertz CT molecular complexity index is 1240. The van der Waals surface area contributed by atoms with Crippen LogP contribution in [0.5, 0.6) is 0 Å². The molecule has 2 aliphatic heterocycles. The van der Waals surface area contributed by atoms with Gasteiger partial charge in [-0.2, -0.15) is 0 Å². The standard InChI is InChI=1S/C26H31BrN6O5/c1-28-20-9-17(12-29-13-20)25(34)31-6-2-3-19(14-31)30-24-21(10-18(27)11-22(24)33(36)37)26(35)32-7-8-38-23(15-32)16-4-5-16/h9-13,16,19,23,28,30H,2-8,14-15H2,1H3/t19-,23+/m1/s1. The molecule has 3 fully saturated rings. The highest BCUT2D eigenvalue weighted by Crippen LogP contribution is 2.38. The monoisotopic (exact) mass is 586 g/mol. The number of nitro benzene ring substituents is 1. The van der Waals surface area contributed by atoms with Crippen molar-refractivity contribution in [3.05, 3.63) is 56.3 Å². The first-order valence-corrected chi connectivity index (χ1v) is 13.7. The molecule has 3 aliphatic rings. The van der Waals surface area contributed by atoms with Crippen LogP contribution in [0.3, 0.4) is 0 Å². The zero-order valence-corrected chi connectivity index (χ0v) is 22.8. The molecule has 11 nitrogen and oxygen atoms in total. The highest BCUT2D eigenvalue weighted by atomic mass is 79.9. The average Bonchev–Trinajstić information content (AvgIpc) is 3.79. The number of pyridine rings is 1. The summed E-state index contributed by atoms with van der Waals surface area (Å²) >= 11 is 3.35. The highest BCUT2D eigenvalue weighted by Gasteiger charge is 2.38. The van der Waals surface area contributed by atoms with E-state index in [1.165, 1.54) is 12.3 Å². The van der Waals surface area contributed by atoms with Crippen LogP contribution in [0.2, 0.25) is 0 Å². The number of hydrogen-bond donors (Lipinski definition) is 2. The predicted molar refractivity (Wildman–Crippen MR) is 145 cm³/mol. The van der Waals surface area contributed by atoms with Crippen molar-refractivity contribution in [2.24, 2.45) is 5.92 Å². The number of nitrogens with zero attached hydrogens (tertiary/aromatic N) is 4. The summed E-state index contributed by atoms with van der Waals surface area (Å²) in [6.07, 6.45) is 6.84. The average molecular weight is 587 g/mol. The SMILES string of the molecule is CNc1cncc(C(=O)N2CCC[C@@H](Nc3c(C(=O)N4CCO[C@H](C5CC5)C4)cc(Br)cc3[N+](=O)[O-])C2)c1. The van der Waals surface area contributed by atoms with E-state index in [0.29, 0.717) is 55.2 Å². The summed E-state index contributed by atoms with van der Waals surface area (Å²) < 4.78 is 6.33. The van der Waals surface area contributed by atoms with Crippen molar-refractivity contribution in [1.82, 2.24) is 14.8 Å². The van der Waals surface area contributed by atoms with E-state index in [-0.39, 0.29) is 40.9 Å². The number of aromatic nitrogens is 1. The van der Waals surface area contributed by atoms with Crippen LogP contribution in [0.15, 0.2) is 35.1 Å². The molecule has 5 rings (SSSR count). The summed E-state index contributed by atoms with van der Waals surface area (Å²) in [5, 5.41) is 18.3. The van der Waals surface area contributed by atoms with Crippen molar-refractivity contribution in [3.8, 4) is 0 Å². The lowest BCUT2D eigenvalue weighted by atomic mass is 10.0. The van der Waals surface area contributed by atoms with Crippen LogP contribution in [0.1, 0.15) is 46.4 Å². The summed E-state index contributed by atoms with van der Waals surface area (Å²) in [7, 11) is 1.76. The number of benzene rings is 1. The molecule has 1 aromatic heterocycles. The van der Waals surface area contributed by atoms with Crippen molar-refractivity contribution in [2.45, 2.75) is 37.8 Å². The molecule has 0 spiro atoms. The number of halogens is 1. The van der Waals surface area contributed by atoms with E-state index in [1.807, 2.05) is 0 Å². The van der Waals surface area contributed by atoms with Gasteiger partial charge in [0.25, 0.3) is 17.5 Å². The van der Waals surface area contributed by atoms with Gasteiger partial charge in [0.2, 0.25) is 0 Å². The van der Waals surface area contributed by atoms with Gasteiger partial charge >= 0.3 is 0 Å². The van der Waals surface area contributed by atoms with Gasteiger partial charge in [-0.15, -0.1) is 0 Å². The second-order valence-corrected chi connectivity index (χ2v) is 11.0. The maximum Gasteiger partial charge on any atom is 0.294 e. The Balaban J connectivity index is 1.38. The maximum absolute atomic E-state index is 13.7. The molecular weight excluding hydrogens is 556 g/mol. The number of anilines is 2. The molecule has 2 atom stereocenters. The minimum absolute atomic E-state index is 0.0139. The molecule has 0 radical (unpaired) electrons. The lowest BCUT2D eigenvalue weighted by molar-refractivity contribution is -0.384. The molecule has 2 amide bonds. The normalized spacial score (nSPS) is 21.6. The van der Waals surface area contributed by atoms with Crippen LogP contribution in [-0.4, -0.2) is 83.5 Å². The van der Waals surface area contributed by atoms with E-state index in [9.17, 15) is 19.7 Å². The van der Waals surface area contributed by atoms with E-state index in [4.69, 9.17) is 4.74 Å². The summed E-state index contributed by atoms with van der Waals surface area (Å²) in [5.41, 5.74) is 1.47. The Labute approximate surface area is 229 Å². The van der Waals surface area contributed by atoms with Gasteiger partial charge in [-0.3, -0.25) is 24.7 Å². The summed E-state index contributed by atoms with van der Waals surface area (Å²) in [6, 6.07) is 4.54. The van der Waals surface area contributed by atoms with E-state index in [1.54, 1.807) is 35.2 Å². The topological polar surface area (TPSA) is 130 Å². The fourth-order valence-electron chi connectivity index (χ4n) is 5.20. The van der Waals surface area contributed by atoms with Gasteiger partial charge in [-0.25, -0.2) is 0 Å². The van der Waals surface area contributed by atoms with Gasteiger partial charge in [0.1, 0.15) is 5.69 Å². The van der Waals surface area contributed by atoms with Crippen LogP contribution in [0, 0.1) is 16.0 Å². The summed E-state index contributed by atoms with van der Waals surface area (Å²) in [4.78, 5) is 46.1. The zero-order valence-electron chi connectivity index (χ0n) is 21.2. The molecule has 2 aromatic rings. The molecule has 3 heterocycles. The number of nitrogens with one attached hydrogen (secondary N) is 2. The molecule has 2 saturated heterocycles. The third-order valence-electron chi connectivity index (χ3n) is 7.37. The van der Waals surface area contributed by atoms with Crippen molar-refractivity contribution >= 4 is 44.8 Å². The third-order valence-corrected chi connectivity index (χ3v) is 7.83. The fourth-order valence-corrected chi connectivity index (χ4v) is 5.65. The lowest BCUT2D eigenvalue weighted by Gasteiger charge is -2.35. The van der Waals surface area contributed by atoms with Gasteiger partial charge < -0.3 is 25.2 Å². The number of ether oxygens (including phenoxy) is 1. The number of carbonyl (C=O) groups excluding carboxylic acids is 2. The number of amides is 2. The van der Waals surface area contributed by atoms with Crippen molar-refractivity contribution in [3.63, 3.8) is 0 Å². The minimum Gasteiger partial charge on any atom is -0.387 e. The third kappa shape index (κ3) is 5.75. The first kappa shape index (κ1) is 26.4. The van der Waals surface area contributed by atoms with Crippen LogP contribution < -0.4 is 10.6 Å². The fraction of sp³-hybridized carbons (Fsp3) is 0.500. The van der Waals surface area contributed by atoms with Gasteiger partial charge in [0.15, 0.2) is 0 Å². The van der Waals surface area contributed by atoms with E-state index < -0.39 is 4.92 Å². The smallest absolute Gasteiger partial charge is 0.294 e. The zero-order chi connectivity index (χ0) is 26.8. The molecule has 2 N–H and O–H groups in total. The first-order chi connectivity index (χ1) is 18.3. The molecule has 38 heavy (non-hydrogen) atoms. The summed E-state index contributed by atoms with van der Waals surface area (Å²) in [6.45, 7) is 2.30. The Morgan fingerprint density at radius 1 is 1.11 bits per heavy atom. The quantitative estimate of drug-likeness (QED) is 0.370. The number of likely N-dealkylation sites (tertiary alicyclic amines) is 1. The Morgan fingerprint density at radius 3 is 2.63 bits per heavy atom.